The van der Waals surface area contributed by atoms with Crippen LogP contribution in [0.1, 0.15) is 15.9 Å². The average Bonchev–Trinajstić information content (AvgIpc) is 2.64. The van der Waals surface area contributed by atoms with E-state index in [1.54, 1.807) is 30.3 Å². The summed E-state index contributed by atoms with van der Waals surface area (Å²) < 4.78 is 37.5. The number of benzene rings is 2. The van der Waals surface area contributed by atoms with E-state index in [9.17, 15) is 32.9 Å². The minimum Gasteiger partial charge on any atom is -0.267 e. The summed E-state index contributed by atoms with van der Waals surface area (Å²) in [5, 5.41) is 10.4. The summed E-state index contributed by atoms with van der Waals surface area (Å²) in [5.74, 6) is 1.36. The average molecular weight is 399 g/mol. The molecule has 0 aliphatic carbocycles. The van der Waals surface area contributed by atoms with Crippen molar-refractivity contribution < 1.29 is 27.7 Å². The van der Waals surface area contributed by atoms with Gasteiger partial charge in [-0.2, -0.15) is 13.2 Å². The molecule has 0 saturated heterocycles. The Morgan fingerprint density at radius 1 is 1.15 bits per heavy atom. The molecule has 0 bridgehead atoms. The summed E-state index contributed by atoms with van der Waals surface area (Å²) in [6.07, 6.45) is -5.33. The van der Waals surface area contributed by atoms with Crippen molar-refractivity contribution in [2.75, 3.05) is 0 Å². The van der Waals surface area contributed by atoms with Crippen LogP contribution >= 0.6 is 11.8 Å². The van der Waals surface area contributed by atoms with Crippen LogP contribution in [0.4, 0.5) is 18.9 Å². The van der Waals surface area contributed by atoms with Crippen LogP contribution in [0, 0.1) is 10.1 Å². The largest absolute Gasteiger partial charge is 0.473 e. The number of nitrogens with zero attached hydrogens (tertiary/aromatic N) is 2. The van der Waals surface area contributed by atoms with E-state index in [4.69, 9.17) is 5.84 Å². The van der Waals surface area contributed by atoms with Gasteiger partial charge in [-0.15, -0.1) is 11.8 Å². The number of carbonyl (C=O) groups excluding carboxylic acids is 2. The van der Waals surface area contributed by atoms with Crippen molar-refractivity contribution in [1.29, 1.82) is 0 Å². The number of imide groups is 1. The van der Waals surface area contributed by atoms with Gasteiger partial charge < -0.3 is 0 Å². The fraction of sp³-hybridized carbons (Fsp3) is 0.125. The summed E-state index contributed by atoms with van der Waals surface area (Å²) >= 11 is 0.997. The zero-order chi connectivity index (χ0) is 20.2. The maximum absolute atomic E-state index is 12.5. The summed E-state index contributed by atoms with van der Waals surface area (Å²) in [4.78, 5) is 33.7. The lowest BCUT2D eigenvalue weighted by Crippen LogP contribution is -2.49. The first-order valence-corrected chi connectivity index (χ1v) is 8.25. The van der Waals surface area contributed by atoms with Gasteiger partial charge in [0.25, 0.3) is 11.6 Å². The molecule has 0 spiro atoms. The van der Waals surface area contributed by atoms with Crippen molar-refractivity contribution in [3.63, 3.8) is 0 Å². The molecule has 2 amide bonds. The van der Waals surface area contributed by atoms with Crippen LogP contribution in [0.2, 0.25) is 0 Å². The van der Waals surface area contributed by atoms with E-state index in [2.05, 4.69) is 0 Å². The zero-order valence-corrected chi connectivity index (χ0v) is 14.3. The van der Waals surface area contributed by atoms with Gasteiger partial charge in [0.2, 0.25) is 0 Å². The quantitative estimate of drug-likeness (QED) is 0.272. The van der Waals surface area contributed by atoms with E-state index >= 15 is 0 Å². The van der Waals surface area contributed by atoms with E-state index in [1.165, 1.54) is 0 Å². The van der Waals surface area contributed by atoms with Crippen molar-refractivity contribution >= 4 is 29.3 Å². The Bertz CT molecular complexity index is 875. The number of alkyl halides is 3. The van der Waals surface area contributed by atoms with Crippen LogP contribution in [0.25, 0.3) is 0 Å². The minimum absolute atomic E-state index is 0.0310. The molecule has 0 saturated carbocycles. The Labute approximate surface area is 155 Å². The van der Waals surface area contributed by atoms with E-state index in [1.807, 2.05) is 0 Å². The van der Waals surface area contributed by atoms with Gasteiger partial charge in [-0.25, -0.2) is 10.9 Å². The molecule has 11 heteroatoms. The van der Waals surface area contributed by atoms with Crippen LogP contribution in [0.5, 0.6) is 0 Å². The SMILES string of the molecule is NN(C(=O)c1ccc([N+](=O)[O-])cc1SCc1ccccc1)C(=O)C(F)(F)F. The first-order valence-electron chi connectivity index (χ1n) is 7.26. The molecule has 2 N–H and O–H groups in total. The van der Waals surface area contributed by atoms with Crippen molar-refractivity contribution in [1.82, 2.24) is 5.01 Å². The molecule has 7 nitrogen and oxygen atoms in total. The molecular formula is C16H12F3N3O4S. The van der Waals surface area contributed by atoms with Crippen molar-refractivity contribution in [2.45, 2.75) is 16.8 Å². The van der Waals surface area contributed by atoms with E-state index < -0.39 is 27.9 Å². The minimum atomic E-state index is -5.33. The van der Waals surface area contributed by atoms with Gasteiger partial charge in [0.1, 0.15) is 0 Å². The number of halogens is 3. The summed E-state index contributed by atoms with van der Waals surface area (Å²) in [6, 6.07) is 11.8. The van der Waals surface area contributed by atoms with E-state index in [0.717, 1.165) is 35.5 Å². The van der Waals surface area contributed by atoms with E-state index in [-0.39, 0.29) is 16.1 Å². The third kappa shape index (κ3) is 5.05. The second kappa shape index (κ2) is 8.18. The van der Waals surface area contributed by atoms with Gasteiger partial charge >= 0.3 is 12.1 Å². The Hall–Kier alpha value is -2.92. The standard InChI is InChI=1S/C16H12F3N3O4S/c17-16(18,19)15(24)21(20)14(23)12-7-6-11(22(25)26)8-13(12)27-9-10-4-2-1-3-5-10/h1-8H,9,20H2. The Morgan fingerprint density at radius 2 is 1.78 bits per heavy atom. The van der Waals surface area contributed by atoms with Crippen molar-refractivity contribution in [3.8, 4) is 0 Å². The smallest absolute Gasteiger partial charge is 0.267 e. The molecule has 0 heterocycles. The van der Waals surface area contributed by atoms with Crippen LogP contribution in [-0.4, -0.2) is 27.9 Å². The van der Waals surface area contributed by atoms with Crippen molar-refractivity contribution in [3.05, 3.63) is 69.8 Å². The number of hydrogen-bond acceptors (Lipinski definition) is 6. The number of hydrazine groups is 1. The fourth-order valence-electron chi connectivity index (χ4n) is 2.01. The van der Waals surface area contributed by atoms with Crippen LogP contribution in [0.15, 0.2) is 53.4 Å². The molecule has 2 aromatic rings. The highest BCUT2D eigenvalue weighted by molar-refractivity contribution is 7.98. The maximum Gasteiger partial charge on any atom is 0.473 e. The zero-order valence-electron chi connectivity index (χ0n) is 13.5. The van der Waals surface area contributed by atoms with Gasteiger partial charge in [0.15, 0.2) is 0 Å². The second-order valence-electron chi connectivity index (χ2n) is 5.19. The number of nitro benzene ring substituents is 1. The molecule has 0 aromatic heterocycles. The highest BCUT2D eigenvalue weighted by atomic mass is 32.2. The monoisotopic (exact) mass is 399 g/mol. The number of nitrogens with two attached hydrogens (primary N) is 1. The molecule has 142 valence electrons. The Morgan fingerprint density at radius 3 is 2.33 bits per heavy atom. The van der Waals surface area contributed by atoms with Gasteiger partial charge in [0.05, 0.1) is 10.5 Å². The lowest BCUT2D eigenvalue weighted by atomic mass is 10.2. The molecule has 0 aliphatic heterocycles. The molecule has 2 rings (SSSR count). The summed E-state index contributed by atoms with van der Waals surface area (Å²) in [6.45, 7) is 0. The number of hydrogen-bond donors (Lipinski definition) is 1. The van der Waals surface area contributed by atoms with Crippen LogP contribution in [0.3, 0.4) is 0 Å². The van der Waals surface area contributed by atoms with Gasteiger partial charge in [0, 0.05) is 22.8 Å². The lowest BCUT2D eigenvalue weighted by molar-refractivity contribution is -0.385. The maximum atomic E-state index is 12.5. The molecular weight excluding hydrogens is 387 g/mol. The van der Waals surface area contributed by atoms with Gasteiger partial charge in [-0.3, -0.25) is 19.7 Å². The third-order valence-electron chi connectivity index (χ3n) is 3.32. The normalized spacial score (nSPS) is 11.1. The first-order chi connectivity index (χ1) is 12.6. The molecule has 27 heavy (non-hydrogen) atoms. The van der Waals surface area contributed by atoms with Crippen LogP contribution < -0.4 is 5.84 Å². The number of nitro groups is 1. The molecule has 0 atom stereocenters. The summed E-state index contributed by atoms with van der Waals surface area (Å²) in [7, 11) is 0. The molecule has 0 unspecified atom stereocenters. The molecule has 0 aliphatic rings. The second-order valence-corrected chi connectivity index (χ2v) is 6.21. The number of thioether (sulfide) groups is 1. The number of non-ortho nitro benzene ring substituents is 1. The highest BCUT2D eigenvalue weighted by Gasteiger charge is 2.44. The van der Waals surface area contributed by atoms with Gasteiger partial charge in [-0.1, -0.05) is 30.3 Å². The molecule has 2 aromatic carbocycles. The molecule has 0 fully saturated rings. The van der Waals surface area contributed by atoms with E-state index in [0.29, 0.717) is 5.75 Å². The predicted octanol–water partition coefficient (Wildman–Crippen LogP) is 3.29. The number of amides is 2. The molecule has 0 radical (unpaired) electrons. The van der Waals surface area contributed by atoms with Gasteiger partial charge in [-0.05, 0) is 11.6 Å². The Balaban J connectivity index is 2.35. The van der Waals surface area contributed by atoms with Crippen molar-refractivity contribution in [2.24, 2.45) is 5.84 Å². The highest BCUT2D eigenvalue weighted by Crippen LogP contribution is 2.31. The third-order valence-corrected chi connectivity index (χ3v) is 4.45. The Kier molecular flexibility index (Phi) is 6.18. The predicted molar refractivity (Wildman–Crippen MR) is 90.5 cm³/mol. The lowest BCUT2D eigenvalue weighted by Gasteiger charge is -2.18. The number of carbonyl (C=O) groups is 2. The van der Waals surface area contributed by atoms with Crippen LogP contribution in [-0.2, 0) is 10.5 Å². The fourth-order valence-corrected chi connectivity index (χ4v) is 3.04. The number of rotatable bonds is 5. The first kappa shape index (κ1) is 20.4. The topological polar surface area (TPSA) is 107 Å². The summed E-state index contributed by atoms with van der Waals surface area (Å²) in [5.41, 5.74) is 0.123.